The molecule has 0 bridgehead atoms. The van der Waals surface area contributed by atoms with Crippen molar-refractivity contribution in [1.82, 2.24) is 0 Å². The van der Waals surface area contributed by atoms with Crippen molar-refractivity contribution in [2.45, 2.75) is 46.0 Å². The number of hydrogen-bond donors (Lipinski definition) is 1. The summed E-state index contributed by atoms with van der Waals surface area (Å²) in [5.74, 6) is -0.367. The van der Waals surface area contributed by atoms with Crippen molar-refractivity contribution in [3.63, 3.8) is 0 Å². The third-order valence-electron chi connectivity index (χ3n) is 4.38. The van der Waals surface area contributed by atoms with Crippen LogP contribution >= 0.6 is 0 Å². The zero-order valence-electron chi connectivity index (χ0n) is 12.9. The zero-order chi connectivity index (χ0) is 15.5. The Bertz CT molecular complexity index is 469. The Hall–Kier alpha value is -1.39. The van der Waals surface area contributed by atoms with E-state index in [1.165, 1.54) is 0 Å². The van der Waals surface area contributed by atoms with E-state index in [9.17, 15) is 9.90 Å². The summed E-state index contributed by atoms with van der Waals surface area (Å²) in [6.45, 7) is 6.68. The van der Waals surface area contributed by atoms with Gasteiger partial charge in [0.1, 0.15) is 0 Å². The lowest BCUT2D eigenvalue weighted by Crippen LogP contribution is -2.63. The van der Waals surface area contributed by atoms with Crippen LogP contribution in [0.5, 0.6) is 0 Å². The Labute approximate surface area is 126 Å². The van der Waals surface area contributed by atoms with Gasteiger partial charge in [0.25, 0.3) is 0 Å². The van der Waals surface area contributed by atoms with Crippen molar-refractivity contribution in [2.24, 2.45) is 11.3 Å². The van der Waals surface area contributed by atoms with Gasteiger partial charge < -0.3 is 14.6 Å². The van der Waals surface area contributed by atoms with Crippen LogP contribution in [0.2, 0.25) is 0 Å². The van der Waals surface area contributed by atoms with Gasteiger partial charge in [0, 0.05) is 5.92 Å². The van der Waals surface area contributed by atoms with Gasteiger partial charge in [-0.1, -0.05) is 44.2 Å². The minimum atomic E-state index is -0.617. The Balaban J connectivity index is 1.90. The molecule has 2 rings (SSSR count). The first-order chi connectivity index (χ1) is 9.96. The van der Waals surface area contributed by atoms with Crippen molar-refractivity contribution < 1.29 is 19.4 Å². The topological polar surface area (TPSA) is 55.8 Å². The Kier molecular flexibility index (Phi) is 5.01. The smallest absolute Gasteiger partial charge is 0.306 e. The van der Waals surface area contributed by atoms with E-state index in [2.05, 4.69) is 0 Å². The highest BCUT2D eigenvalue weighted by Crippen LogP contribution is 2.50. The fourth-order valence-electron chi connectivity index (χ4n) is 3.04. The van der Waals surface area contributed by atoms with Crippen molar-refractivity contribution in [1.29, 1.82) is 0 Å². The van der Waals surface area contributed by atoms with E-state index in [1.54, 1.807) is 6.92 Å². The van der Waals surface area contributed by atoms with Crippen LogP contribution in [-0.2, 0) is 20.9 Å². The number of hydrogen-bond acceptors (Lipinski definition) is 4. The number of carbonyl (C=O) groups is 1. The highest BCUT2D eigenvalue weighted by atomic mass is 16.5. The van der Waals surface area contributed by atoms with E-state index < -0.39 is 6.10 Å². The maximum atomic E-state index is 11.6. The van der Waals surface area contributed by atoms with Gasteiger partial charge in [0.05, 0.1) is 31.8 Å². The van der Waals surface area contributed by atoms with Crippen molar-refractivity contribution in [2.75, 3.05) is 6.61 Å². The van der Waals surface area contributed by atoms with E-state index in [0.29, 0.717) is 13.2 Å². The molecule has 21 heavy (non-hydrogen) atoms. The average molecular weight is 292 g/mol. The van der Waals surface area contributed by atoms with Crippen LogP contribution in [0.15, 0.2) is 30.3 Å². The molecule has 1 aliphatic carbocycles. The summed E-state index contributed by atoms with van der Waals surface area (Å²) >= 11 is 0. The molecule has 0 saturated heterocycles. The number of benzene rings is 1. The number of rotatable bonds is 6. The second-order valence-electron chi connectivity index (χ2n) is 6.14. The third-order valence-corrected chi connectivity index (χ3v) is 4.38. The van der Waals surface area contributed by atoms with Gasteiger partial charge in [-0.25, -0.2) is 0 Å². The summed E-state index contributed by atoms with van der Waals surface area (Å²) in [7, 11) is 0. The van der Waals surface area contributed by atoms with E-state index in [0.717, 1.165) is 5.56 Å². The molecule has 116 valence electrons. The molecule has 0 unspecified atom stereocenters. The number of aliphatic hydroxyl groups is 1. The number of aliphatic hydroxyl groups excluding tert-OH is 1. The lowest BCUT2D eigenvalue weighted by Gasteiger charge is -2.55. The Morgan fingerprint density at radius 2 is 1.95 bits per heavy atom. The summed E-state index contributed by atoms with van der Waals surface area (Å²) in [5.41, 5.74) is 0.843. The molecule has 1 fully saturated rings. The van der Waals surface area contributed by atoms with Gasteiger partial charge in [0.2, 0.25) is 0 Å². The molecule has 3 atom stereocenters. The predicted molar refractivity (Wildman–Crippen MR) is 79.5 cm³/mol. The SMILES string of the molecule is CCOC(=O)C[C@H]1[C@H](O)[C@@H](OCc2ccccc2)C1(C)C. The first kappa shape index (κ1) is 16.0. The second-order valence-corrected chi connectivity index (χ2v) is 6.14. The minimum absolute atomic E-state index is 0.114. The quantitative estimate of drug-likeness (QED) is 0.819. The largest absolute Gasteiger partial charge is 0.466 e. The zero-order valence-corrected chi connectivity index (χ0v) is 12.9. The fourth-order valence-corrected chi connectivity index (χ4v) is 3.04. The highest BCUT2D eigenvalue weighted by molar-refractivity contribution is 5.70. The van der Waals surface area contributed by atoms with Crippen LogP contribution < -0.4 is 0 Å². The third kappa shape index (κ3) is 3.44. The van der Waals surface area contributed by atoms with Gasteiger partial charge in [0.15, 0.2) is 0 Å². The van der Waals surface area contributed by atoms with E-state index in [4.69, 9.17) is 9.47 Å². The van der Waals surface area contributed by atoms with Gasteiger partial charge in [-0.15, -0.1) is 0 Å². The molecule has 4 nitrogen and oxygen atoms in total. The van der Waals surface area contributed by atoms with Gasteiger partial charge in [-0.3, -0.25) is 4.79 Å². The summed E-state index contributed by atoms with van der Waals surface area (Å²) in [5, 5.41) is 10.3. The Morgan fingerprint density at radius 3 is 2.52 bits per heavy atom. The standard InChI is InChI=1S/C17H24O4/c1-4-20-14(18)10-13-15(19)16(17(13,2)3)21-11-12-8-6-5-7-9-12/h5-9,13,15-16,19H,4,10-11H2,1-3H3/t13-,15-,16+/m0/s1. The molecule has 0 spiro atoms. The normalized spacial score (nSPS) is 27.0. The summed E-state index contributed by atoms with van der Waals surface area (Å²) in [6.07, 6.45) is -0.627. The van der Waals surface area contributed by atoms with Crippen LogP contribution in [-0.4, -0.2) is 29.9 Å². The number of ether oxygens (including phenoxy) is 2. The van der Waals surface area contributed by atoms with E-state index >= 15 is 0 Å². The first-order valence-corrected chi connectivity index (χ1v) is 7.46. The van der Waals surface area contributed by atoms with Crippen LogP contribution in [0.25, 0.3) is 0 Å². The highest BCUT2D eigenvalue weighted by Gasteiger charge is 2.57. The Morgan fingerprint density at radius 1 is 1.29 bits per heavy atom. The maximum absolute atomic E-state index is 11.6. The summed E-state index contributed by atoms with van der Waals surface area (Å²) in [4.78, 5) is 11.6. The molecule has 0 amide bonds. The molecule has 1 aliphatic rings. The van der Waals surface area contributed by atoms with Crippen LogP contribution in [0, 0.1) is 11.3 Å². The molecule has 0 heterocycles. The molecule has 1 aromatic carbocycles. The molecule has 0 radical (unpaired) electrons. The molecule has 1 saturated carbocycles. The number of esters is 1. The first-order valence-electron chi connectivity index (χ1n) is 7.46. The van der Waals surface area contributed by atoms with Gasteiger partial charge in [-0.2, -0.15) is 0 Å². The predicted octanol–water partition coefficient (Wildman–Crippen LogP) is 2.54. The monoisotopic (exact) mass is 292 g/mol. The molecular formula is C17H24O4. The van der Waals surface area contributed by atoms with Gasteiger partial charge in [-0.05, 0) is 17.9 Å². The number of carbonyl (C=O) groups excluding carboxylic acids is 1. The summed E-state index contributed by atoms with van der Waals surface area (Å²) in [6, 6.07) is 9.87. The van der Waals surface area contributed by atoms with Crippen LogP contribution in [0.1, 0.15) is 32.8 Å². The average Bonchev–Trinajstić information content (AvgIpc) is 2.46. The molecule has 4 heteroatoms. The van der Waals surface area contributed by atoms with Crippen LogP contribution in [0.3, 0.4) is 0 Å². The fraction of sp³-hybridized carbons (Fsp3) is 0.588. The van der Waals surface area contributed by atoms with Crippen LogP contribution in [0.4, 0.5) is 0 Å². The molecule has 0 aliphatic heterocycles. The molecule has 1 aromatic rings. The lowest BCUT2D eigenvalue weighted by molar-refractivity contribution is -0.232. The van der Waals surface area contributed by atoms with E-state index in [-0.39, 0.29) is 29.8 Å². The summed E-state index contributed by atoms with van der Waals surface area (Å²) < 4.78 is 10.8. The lowest BCUT2D eigenvalue weighted by atomic mass is 9.56. The van der Waals surface area contributed by atoms with Gasteiger partial charge >= 0.3 is 5.97 Å². The molecular weight excluding hydrogens is 268 g/mol. The second kappa shape index (κ2) is 6.58. The van der Waals surface area contributed by atoms with Crippen molar-refractivity contribution >= 4 is 5.97 Å². The molecule has 0 aromatic heterocycles. The van der Waals surface area contributed by atoms with Crippen molar-refractivity contribution in [3.8, 4) is 0 Å². The minimum Gasteiger partial charge on any atom is -0.466 e. The van der Waals surface area contributed by atoms with Crippen molar-refractivity contribution in [3.05, 3.63) is 35.9 Å². The van der Waals surface area contributed by atoms with E-state index in [1.807, 2.05) is 44.2 Å². The maximum Gasteiger partial charge on any atom is 0.306 e. The molecule has 1 N–H and O–H groups in total.